The van der Waals surface area contributed by atoms with Crippen molar-refractivity contribution < 1.29 is 4.79 Å². The number of benzene rings is 1. The van der Waals surface area contributed by atoms with E-state index in [0.29, 0.717) is 13.0 Å². The Morgan fingerprint density at radius 1 is 1.28 bits per heavy atom. The van der Waals surface area contributed by atoms with Crippen molar-refractivity contribution in [1.29, 1.82) is 0 Å². The first-order chi connectivity index (χ1) is 8.65. The minimum absolute atomic E-state index is 0.173. The van der Waals surface area contributed by atoms with Gasteiger partial charge in [-0.1, -0.05) is 18.2 Å². The van der Waals surface area contributed by atoms with E-state index in [1.54, 1.807) is 4.90 Å². The van der Waals surface area contributed by atoms with Crippen LogP contribution in [0.3, 0.4) is 0 Å². The Labute approximate surface area is 109 Å². The van der Waals surface area contributed by atoms with Crippen LogP contribution in [0, 0.1) is 6.92 Å². The molecule has 0 aromatic heterocycles. The molecule has 18 heavy (non-hydrogen) atoms. The lowest BCUT2D eigenvalue weighted by atomic mass is 10.2. The van der Waals surface area contributed by atoms with Gasteiger partial charge in [-0.3, -0.25) is 4.79 Å². The van der Waals surface area contributed by atoms with Crippen molar-refractivity contribution >= 4 is 11.6 Å². The third-order valence-electron chi connectivity index (χ3n) is 2.92. The number of hydrogen-bond acceptors (Lipinski definition) is 3. The second kappa shape index (κ2) is 7.71. The second-order valence-corrected chi connectivity index (χ2v) is 4.41. The Balaban J connectivity index is 2.29. The van der Waals surface area contributed by atoms with Crippen LogP contribution >= 0.6 is 0 Å². The van der Waals surface area contributed by atoms with Crippen LogP contribution in [-0.4, -0.2) is 44.5 Å². The van der Waals surface area contributed by atoms with Gasteiger partial charge in [0, 0.05) is 38.8 Å². The highest BCUT2D eigenvalue weighted by atomic mass is 16.2. The number of nitrogens with one attached hydrogen (secondary N) is 2. The summed E-state index contributed by atoms with van der Waals surface area (Å²) in [5.74, 6) is 0.173. The Kier molecular flexibility index (Phi) is 6.22. The summed E-state index contributed by atoms with van der Waals surface area (Å²) in [6, 6.07) is 8.10. The van der Waals surface area contributed by atoms with Gasteiger partial charge in [0.05, 0.1) is 0 Å². The van der Waals surface area contributed by atoms with Crippen molar-refractivity contribution in [1.82, 2.24) is 10.2 Å². The van der Waals surface area contributed by atoms with E-state index in [0.717, 1.165) is 18.8 Å². The van der Waals surface area contributed by atoms with Gasteiger partial charge in [-0.2, -0.15) is 0 Å². The molecule has 0 saturated carbocycles. The Morgan fingerprint density at radius 3 is 2.67 bits per heavy atom. The van der Waals surface area contributed by atoms with Crippen LogP contribution < -0.4 is 10.6 Å². The molecule has 1 aromatic rings. The summed E-state index contributed by atoms with van der Waals surface area (Å²) >= 11 is 0. The number of nitrogens with zero attached hydrogens (tertiary/aromatic N) is 1. The fraction of sp³-hybridized carbons (Fsp3) is 0.500. The number of rotatable bonds is 7. The summed E-state index contributed by atoms with van der Waals surface area (Å²) in [6.07, 6.45) is 0.522. The van der Waals surface area contributed by atoms with Crippen LogP contribution in [0.5, 0.6) is 0 Å². The molecule has 1 aromatic carbocycles. The molecule has 0 aliphatic rings. The lowest BCUT2D eigenvalue weighted by Gasteiger charge is -2.17. The molecule has 1 rings (SSSR count). The molecule has 0 fully saturated rings. The minimum Gasteiger partial charge on any atom is -0.384 e. The first kappa shape index (κ1) is 14.5. The van der Waals surface area contributed by atoms with Crippen molar-refractivity contribution in [3.8, 4) is 0 Å². The Hall–Kier alpha value is -1.55. The van der Waals surface area contributed by atoms with Crippen LogP contribution in [0.15, 0.2) is 24.3 Å². The minimum atomic E-state index is 0.173. The monoisotopic (exact) mass is 249 g/mol. The number of aryl methyl sites for hydroxylation is 1. The van der Waals surface area contributed by atoms with Gasteiger partial charge in [0.2, 0.25) is 5.91 Å². The van der Waals surface area contributed by atoms with E-state index in [1.807, 2.05) is 32.3 Å². The molecule has 0 heterocycles. The molecule has 1 amide bonds. The van der Waals surface area contributed by atoms with Gasteiger partial charge in [0.15, 0.2) is 0 Å². The maximum absolute atomic E-state index is 11.8. The number of anilines is 1. The van der Waals surface area contributed by atoms with Crippen LogP contribution in [0.25, 0.3) is 0 Å². The molecule has 4 nitrogen and oxygen atoms in total. The summed E-state index contributed by atoms with van der Waals surface area (Å²) in [6.45, 7) is 4.31. The molecule has 0 saturated heterocycles. The van der Waals surface area contributed by atoms with E-state index < -0.39 is 0 Å². The van der Waals surface area contributed by atoms with Gasteiger partial charge in [-0.05, 0) is 25.6 Å². The second-order valence-electron chi connectivity index (χ2n) is 4.41. The number of hydrogen-bond donors (Lipinski definition) is 2. The molecular weight excluding hydrogens is 226 g/mol. The van der Waals surface area contributed by atoms with Crippen LogP contribution in [0.1, 0.15) is 12.0 Å². The molecule has 0 aliphatic heterocycles. The normalized spacial score (nSPS) is 10.2. The van der Waals surface area contributed by atoms with E-state index in [-0.39, 0.29) is 5.91 Å². The summed E-state index contributed by atoms with van der Waals surface area (Å²) in [5.41, 5.74) is 2.30. The van der Waals surface area contributed by atoms with E-state index in [4.69, 9.17) is 0 Å². The average molecular weight is 249 g/mol. The highest BCUT2D eigenvalue weighted by Gasteiger charge is 2.07. The van der Waals surface area contributed by atoms with Gasteiger partial charge in [0.25, 0.3) is 0 Å². The third-order valence-corrected chi connectivity index (χ3v) is 2.92. The molecule has 100 valence electrons. The SMILES string of the molecule is CNCCN(C)C(=O)CCNc1ccccc1C. The highest BCUT2D eigenvalue weighted by molar-refractivity contribution is 5.76. The fourth-order valence-electron chi connectivity index (χ4n) is 1.67. The van der Waals surface area contributed by atoms with Crippen LogP contribution in [-0.2, 0) is 4.79 Å². The molecule has 0 atom stereocenters. The third kappa shape index (κ3) is 4.75. The van der Waals surface area contributed by atoms with E-state index in [2.05, 4.69) is 23.6 Å². The van der Waals surface area contributed by atoms with Crippen molar-refractivity contribution in [2.45, 2.75) is 13.3 Å². The first-order valence-corrected chi connectivity index (χ1v) is 6.33. The van der Waals surface area contributed by atoms with Crippen molar-refractivity contribution in [3.05, 3.63) is 29.8 Å². The zero-order valence-electron chi connectivity index (χ0n) is 11.5. The summed E-state index contributed by atoms with van der Waals surface area (Å²) < 4.78 is 0. The van der Waals surface area contributed by atoms with Crippen molar-refractivity contribution in [2.24, 2.45) is 0 Å². The van der Waals surface area contributed by atoms with Gasteiger partial charge in [0.1, 0.15) is 0 Å². The Bertz CT molecular complexity index is 379. The highest BCUT2D eigenvalue weighted by Crippen LogP contribution is 2.12. The summed E-state index contributed by atoms with van der Waals surface area (Å²) in [5, 5.41) is 6.33. The van der Waals surface area contributed by atoms with Crippen LogP contribution in [0.4, 0.5) is 5.69 Å². The summed E-state index contributed by atoms with van der Waals surface area (Å²) in [4.78, 5) is 13.5. The molecule has 0 bridgehead atoms. The van der Waals surface area contributed by atoms with Gasteiger partial charge in [-0.25, -0.2) is 0 Å². The lowest BCUT2D eigenvalue weighted by Crippen LogP contribution is -2.33. The number of carbonyl (C=O) groups excluding carboxylic acids is 1. The maximum atomic E-state index is 11.8. The van der Waals surface area contributed by atoms with E-state index in [1.165, 1.54) is 5.56 Å². The first-order valence-electron chi connectivity index (χ1n) is 6.33. The topological polar surface area (TPSA) is 44.4 Å². The van der Waals surface area contributed by atoms with E-state index in [9.17, 15) is 4.79 Å². The van der Waals surface area contributed by atoms with E-state index >= 15 is 0 Å². The Morgan fingerprint density at radius 2 is 2.00 bits per heavy atom. The largest absolute Gasteiger partial charge is 0.384 e. The van der Waals surface area contributed by atoms with Gasteiger partial charge < -0.3 is 15.5 Å². The maximum Gasteiger partial charge on any atom is 0.224 e. The quantitative estimate of drug-likeness (QED) is 0.769. The molecule has 0 radical (unpaired) electrons. The molecule has 0 unspecified atom stereocenters. The van der Waals surface area contributed by atoms with Crippen molar-refractivity contribution in [2.75, 3.05) is 39.0 Å². The molecule has 4 heteroatoms. The number of amides is 1. The summed E-state index contributed by atoms with van der Waals surface area (Å²) in [7, 11) is 3.73. The lowest BCUT2D eigenvalue weighted by molar-refractivity contribution is -0.129. The number of para-hydroxylation sites is 1. The fourth-order valence-corrected chi connectivity index (χ4v) is 1.67. The number of likely N-dealkylation sites (N-methyl/N-ethyl adjacent to an activating group) is 2. The van der Waals surface area contributed by atoms with Gasteiger partial charge >= 0.3 is 0 Å². The van der Waals surface area contributed by atoms with Crippen LogP contribution in [0.2, 0.25) is 0 Å². The zero-order valence-corrected chi connectivity index (χ0v) is 11.5. The average Bonchev–Trinajstić information content (AvgIpc) is 2.38. The van der Waals surface area contributed by atoms with Crippen molar-refractivity contribution in [3.63, 3.8) is 0 Å². The number of carbonyl (C=O) groups is 1. The predicted molar refractivity (Wildman–Crippen MR) is 75.8 cm³/mol. The molecule has 0 spiro atoms. The zero-order chi connectivity index (χ0) is 13.4. The predicted octanol–water partition coefficient (Wildman–Crippen LogP) is 1.47. The van der Waals surface area contributed by atoms with Gasteiger partial charge in [-0.15, -0.1) is 0 Å². The molecular formula is C14H23N3O. The smallest absolute Gasteiger partial charge is 0.224 e. The molecule has 2 N–H and O–H groups in total. The standard InChI is InChI=1S/C14H23N3O/c1-12-6-4-5-7-13(12)16-9-8-14(18)17(3)11-10-15-2/h4-7,15-16H,8-11H2,1-3H3. The molecule has 0 aliphatic carbocycles.